The van der Waals surface area contributed by atoms with E-state index < -0.39 is 0 Å². The molecule has 1 nitrogen and oxygen atoms in total. The maximum absolute atomic E-state index is 8.92. The van der Waals surface area contributed by atoms with Crippen LogP contribution in [0.4, 0.5) is 0 Å². The Balaban J connectivity index is 4.09. The van der Waals surface area contributed by atoms with Gasteiger partial charge in [-0.2, -0.15) is 0 Å². The van der Waals surface area contributed by atoms with E-state index in [-0.39, 0.29) is 5.41 Å². The van der Waals surface area contributed by atoms with Crippen LogP contribution in [-0.2, 0) is 0 Å². The minimum Gasteiger partial charge on any atom is -0.396 e. The van der Waals surface area contributed by atoms with Gasteiger partial charge in [0.2, 0.25) is 0 Å². The third-order valence-corrected chi connectivity index (χ3v) is 3.03. The van der Waals surface area contributed by atoms with Crippen LogP contribution in [-0.4, -0.2) is 11.7 Å². The van der Waals surface area contributed by atoms with Crippen LogP contribution >= 0.6 is 0 Å². The molecule has 0 saturated heterocycles. The van der Waals surface area contributed by atoms with E-state index in [0.29, 0.717) is 18.4 Å². The summed E-state index contributed by atoms with van der Waals surface area (Å²) in [6.45, 7) is 11.2. The Hall–Kier alpha value is -0.0400. The Labute approximate surface area is 64.5 Å². The fourth-order valence-electron chi connectivity index (χ4n) is 0.804. The maximum atomic E-state index is 8.92. The van der Waals surface area contributed by atoms with E-state index in [4.69, 9.17) is 5.11 Å². The zero-order valence-electron chi connectivity index (χ0n) is 7.81. The molecule has 10 heavy (non-hydrogen) atoms. The molecule has 0 heterocycles. The summed E-state index contributed by atoms with van der Waals surface area (Å²) in [6, 6.07) is 0. The summed E-state index contributed by atoms with van der Waals surface area (Å²) in [5, 5.41) is 8.92. The molecule has 0 aliphatic heterocycles. The van der Waals surface area contributed by atoms with Crippen molar-refractivity contribution in [1.82, 2.24) is 0 Å². The second-order valence-corrected chi connectivity index (χ2v) is 4.06. The lowest BCUT2D eigenvalue weighted by Crippen LogP contribution is -2.29. The molecule has 0 aliphatic rings. The molecule has 0 bridgehead atoms. The predicted molar refractivity (Wildman–Crippen MR) is 44.9 cm³/mol. The summed E-state index contributed by atoms with van der Waals surface area (Å²) in [5.74, 6) is 1.03. The lowest BCUT2D eigenvalue weighted by molar-refractivity contribution is 0.0890. The summed E-state index contributed by atoms with van der Waals surface area (Å²) >= 11 is 0. The number of hydrogen-bond acceptors (Lipinski definition) is 1. The number of aliphatic hydroxyl groups is 1. The van der Waals surface area contributed by atoms with Crippen LogP contribution in [0.5, 0.6) is 0 Å². The van der Waals surface area contributed by atoms with Crippen molar-refractivity contribution in [2.45, 2.75) is 34.6 Å². The molecule has 62 valence electrons. The lowest BCUT2D eigenvalue weighted by atomic mass is 9.72. The van der Waals surface area contributed by atoms with Gasteiger partial charge in [0.25, 0.3) is 0 Å². The summed E-state index contributed by atoms with van der Waals surface area (Å²) in [4.78, 5) is 0. The molecule has 0 radical (unpaired) electrons. The van der Waals surface area contributed by atoms with E-state index >= 15 is 0 Å². The summed E-state index contributed by atoms with van der Waals surface area (Å²) in [6.07, 6.45) is 0. The normalized spacial score (nSPS) is 15.9. The third kappa shape index (κ3) is 1.98. The molecule has 0 aromatic rings. The fourth-order valence-corrected chi connectivity index (χ4v) is 0.804. The molecule has 0 spiro atoms. The molecule has 1 heteroatoms. The largest absolute Gasteiger partial charge is 0.396 e. The van der Waals surface area contributed by atoms with Crippen molar-refractivity contribution in [2.24, 2.45) is 17.3 Å². The molecule has 1 unspecified atom stereocenters. The first-order valence-corrected chi connectivity index (χ1v) is 4.03. The van der Waals surface area contributed by atoms with E-state index in [1.54, 1.807) is 0 Å². The van der Waals surface area contributed by atoms with Crippen molar-refractivity contribution in [2.75, 3.05) is 6.61 Å². The molecule has 1 N–H and O–H groups in total. The van der Waals surface area contributed by atoms with Gasteiger partial charge in [-0.15, -0.1) is 0 Å². The van der Waals surface area contributed by atoms with Crippen molar-refractivity contribution in [3.8, 4) is 0 Å². The van der Waals surface area contributed by atoms with Gasteiger partial charge in [0.1, 0.15) is 0 Å². The molecule has 0 aromatic carbocycles. The van der Waals surface area contributed by atoms with Crippen LogP contribution in [0.15, 0.2) is 0 Å². The Morgan fingerprint density at radius 1 is 1.20 bits per heavy atom. The molecule has 0 aliphatic carbocycles. The van der Waals surface area contributed by atoms with Crippen LogP contribution in [0.1, 0.15) is 34.6 Å². The summed E-state index contributed by atoms with van der Waals surface area (Å²) in [7, 11) is 0. The molecule has 0 amide bonds. The number of hydrogen-bond donors (Lipinski definition) is 1. The average Bonchev–Trinajstić information content (AvgIpc) is 1.86. The highest BCUT2D eigenvalue weighted by molar-refractivity contribution is 4.77. The smallest absolute Gasteiger partial charge is 0.0461 e. The average molecular weight is 144 g/mol. The Morgan fingerprint density at radius 3 is 1.70 bits per heavy atom. The summed E-state index contributed by atoms with van der Waals surface area (Å²) < 4.78 is 0. The minimum absolute atomic E-state index is 0.259. The maximum Gasteiger partial charge on any atom is 0.0461 e. The first-order chi connectivity index (χ1) is 4.42. The third-order valence-electron chi connectivity index (χ3n) is 3.03. The SMILES string of the molecule is CC(C)C(C)(C)C(C)CO. The number of aliphatic hydroxyl groups excluding tert-OH is 1. The molecule has 0 aromatic heterocycles. The van der Waals surface area contributed by atoms with E-state index in [9.17, 15) is 0 Å². The highest BCUT2D eigenvalue weighted by Crippen LogP contribution is 2.34. The standard InChI is InChI=1S/C9H20O/c1-7(2)9(4,5)8(3)6-10/h7-8,10H,6H2,1-5H3. The first kappa shape index (κ1) is 9.96. The van der Waals surface area contributed by atoms with Crippen molar-refractivity contribution < 1.29 is 5.11 Å². The molecule has 0 rings (SSSR count). The van der Waals surface area contributed by atoms with Crippen molar-refractivity contribution >= 4 is 0 Å². The van der Waals surface area contributed by atoms with Crippen molar-refractivity contribution in [3.63, 3.8) is 0 Å². The Kier molecular flexibility index (Phi) is 3.37. The van der Waals surface area contributed by atoms with E-state index in [0.717, 1.165) is 0 Å². The number of rotatable bonds is 3. The van der Waals surface area contributed by atoms with Crippen LogP contribution in [0.25, 0.3) is 0 Å². The summed E-state index contributed by atoms with van der Waals surface area (Å²) in [5.41, 5.74) is 0.259. The van der Waals surface area contributed by atoms with Gasteiger partial charge in [-0.1, -0.05) is 34.6 Å². The van der Waals surface area contributed by atoms with E-state index in [1.165, 1.54) is 0 Å². The molecular formula is C9H20O. The van der Waals surface area contributed by atoms with Gasteiger partial charge in [-0.25, -0.2) is 0 Å². The second kappa shape index (κ2) is 3.38. The zero-order valence-corrected chi connectivity index (χ0v) is 7.81. The van der Waals surface area contributed by atoms with Crippen molar-refractivity contribution in [3.05, 3.63) is 0 Å². The Bertz CT molecular complexity index is 94.9. The Morgan fingerprint density at radius 2 is 1.60 bits per heavy atom. The van der Waals surface area contributed by atoms with Crippen LogP contribution < -0.4 is 0 Å². The van der Waals surface area contributed by atoms with Gasteiger partial charge in [0, 0.05) is 6.61 Å². The monoisotopic (exact) mass is 144 g/mol. The fraction of sp³-hybridized carbons (Fsp3) is 1.00. The van der Waals surface area contributed by atoms with E-state index in [1.807, 2.05) is 0 Å². The first-order valence-electron chi connectivity index (χ1n) is 4.03. The molecular weight excluding hydrogens is 124 g/mol. The van der Waals surface area contributed by atoms with Gasteiger partial charge in [0.05, 0.1) is 0 Å². The van der Waals surface area contributed by atoms with E-state index in [2.05, 4.69) is 34.6 Å². The van der Waals surface area contributed by atoms with Crippen LogP contribution in [0.2, 0.25) is 0 Å². The highest BCUT2D eigenvalue weighted by atomic mass is 16.3. The topological polar surface area (TPSA) is 20.2 Å². The van der Waals surface area contributed by atoms with Gasteiger partial charge in [0.15, 0.2) is 0 Å². The lowest BCUT2D eigenvalue weighted by Gasteiger charge is -2.34. The van der Waals surface area contributed by atoms with Gasteiger partial charge in [-0.05, 0) is 17.3 Å². The van der Waals surface area contributed by atoms with Crippen LogP contribution in [0, 0.1) is 17.3 Å². The predicted octanol–water partition coefficient (Wildman–Crippen LogP) is 2.30. The van der Waals surface area contributed by atoms with Gasteiger partial charge < -0.3 is 5.11 Å². The van der Waals surface area contributed by atoms with Crippen molar-refractivity contribution in [1.29, 1.82) is 0 Å². The molecule has 0 fully saturated rings. The van der Waals surface area contributed by atoms with Gasteiger partial charge >= 0.3 is 0 Å². The second-order valence-electron chi connectivity index (χ2n) is 4.06. The zero-order chi connectivity index (χ0) is 8.36. The molecule has 0 saturated carbocycles. The van der Waals surface area contributed by atoms with Gasteiger partial charge in [-0.3, -0.25) is 0 Å². The molecule has 1 atom stereocenters. The minimum atomic E-state index is 0.259. The highest BCUT2D eigenvalue weighted by Gasteiger charge is 2.28. The van der Waals surface area contributed by atoms with Crippen LogP contribution in [0.3, 0.4) is 0 Å². The quantitative estimate of drug-likeness (QED) is 0.644.